The van der Waals surface area contributed by atoms with E-state index in [0.717, 1.165) is 17.7 Å². The molecule has 2 heterocycles. The molecule has 0 amide bonds. The third-order valence-corrected chi connectivity index (χ3v) is 3.97. The molecule has 0 fully saturated rings. The van der Waals surface area contributed by atoms with Crippen molar-refractivity contribution in [3.8, 4) is 0 Å². The zero-order valence-electron chi connectivity index (χ0n) is 13.8. The van der Waals surface area contributed by atoms with Crippen molar-refractivity contribution in [3.05, 3.63) is 69.8 Å². The minimum atomic E-state index is -0.538. The summed E-state index contributed by atoms with van der Waals surface area (Å²) in [7, 11) is 0. The molecule has 2 aromatic heterocycles. The van der Waals surface area contributed by atoms with Gasteiger partial charge in [-0.25, -0.2) is 15.0 Å². The molecule has 0 saturated heterocycles. The summed E-state index contributed by atoms with van der Waals surface area (Å²) in [5.74, 6) is 0.116. The predicted octanol–water partition coefficient (Wildman–Crippen LogP) is 4.48. The standard InChI is InChI=1S/C17H15ClN6O2/c1-2-11-6-3-4-7-12(11)22-16-14(24(25)26)17(21-10-20-16)23-13-8-5-9-19-15(13)18/h3-10H,2H2,1H3,(H2,20,21,22,23). The Labute approximate surface area is 154 Å². The first-order valence-electron chi connectivity index (χ1n) is 7.82. The molecular weight excluding hydrogens is 356 g/mol. The number of para-hydroxylation sites is 1. The third kappa shape index (κ3) is 3.70. The average molecular weight is 371 g/mol. The molecule has 0 aliphatic carbocycles. The van der Waals surface area contributed by atoms with Crippen LogP contribution in [-0.4, -0.2) is 19.9 Å². The van der Waals surface area contributed by atoms with E-state index in [0.29, 0.717) is 5.69 Å². The second-order valence-corrected chi connectivity index (χ2v) is 5.64. The largest absolute Gasteiger partial charge is 0.353 e. The first kappa shape index (κ1) is 17.6. The van der Waals surface area contributed by atoms with E-state index >= 15 is 0 Å². The van der Waals surface area contributed by atoms with Crippen LogP contribution in [0.4, 0.5) is 28.7 Å². The highest BCUT2D eigenvalue weighted by atomic mass is 35.5. The van der Waals surface area contributed by atoms with Gasteiger partial charge in [0.25, 0.3) is 0 Å². The highest BCUT2D eigenvalue weighted by molar-refractivity contribution is 6.32. The second-order valence-electron chi connectivity index (χ2n) is 5.28. The van der Waals surface area contributed by atoms with Gasteiger partial charge in [-0.3, -0.25) is 10.1 Å². The quantitative estimate of drug-likeness (QED) is 0.374. The Morgan fingerprint density at radius 1 is 1.04 bits per heavy atom. The van der Waals surface area contributed by atoms with E-state index in [9.17, 15) is 10.1 Å². The van der Waals surface area contributed by atoms with Crippen LogP contribution in [-0.2, 0) is 6.42 Å². The van der Waals surface area contributed by atoms with Gasteiger partial charge in [-0.15, -0.1) is 0 Å². The van der Waals surface area contributed by atoms with Crippen molar-refractivity contribution in [2.75, 3.05) is 10.6 Å². The average Bonchev–Trinajstić information content (AvgIpc) is 2.64. The van der Waals surface area contributed by atoms with Gasteiger partial charge in [-0.05, 0) is 30.2 Å². The molecular formula is C17H15ClN6O2. The van der Waals surface area contributed by atoms with Crippen LogP contribution in [0.15, 0.2) is 48.9 Å². The Bertz CT molecular complexity index is 950. The lowest BCUT2D eigenvalue weighted by atomic mass is 10.1. The summed E-state index contributed by atoms with van der Waals surface area (Å²) in [6.45, 7) is 2.01. The molecule has 0 spiro atoms. The number of benzene rings is 1. The molecule has 26 heavy (non-hydrogen) atoms. The number of rotatable bonds is 6. The third-order valence-electron chi connectivity index (χ3n) is 3.67. The minimum absolute atomic E-state index is 0.0244. The van der Waals surface area contributed by atoms with Crippen molar-refractivity contribution < 1.29 is 4.92 Å². The maximum atomic E-state index is 11.7. The fourth-order valence-electron chi connectivity index (χ4n) is 2.42. The summed E-state index contributed by atoms with van der Waals surface area (Å²) in [6.07, 6.45) is 3.55. The van der Waals surface area contributed by atoms with Gasteiger partial charge in [-0.1, -0.05) is 36.7 Å². The number of aryl methyl sites for hydroxylation is 1. The molecule has 0 atom stereocenters. The smallest absolute Gasteiger partial charge is 0.334 e. The number of nitrogens with zero attached hydrogens (tertiary/aromatic N) is 4. The van der Waals surface area contributed by atoms with Crippen LogP contribution in [0.5, 0.6) is 0 Å². The summed E-state index contributed by atoms with van der Waals surface area (Å²) in [5, 5.41) is 17.7. The summed E-state index contributed by atoms with van der Waals surface area (Å²) < 4.78 is 0. The molecule has 0 unspecified atom stereocenters. The van der Waals surface area contributed by atoms with E-state index < -0.39 is 4.92 Å². The summed E-state index contributed by atoms with van der Waals surface area (Å²) in [5.41, 5.74) is 1.90. The lowest BCUT2D eigenvalue weighted by molar-refractivity contribution is -0.383. The van der Waals surface area contributed by atoms with E-state index in [1.54, 1.807) is 12.1 Å². The number of anilines is 4. The molecule has 0 bridgehead atoms. The SMILES string of the molecule is CCc1ccccc1Nc1ncnc(Nc2cccnc2Cl)c1[N+](=O)[O-]. The molecule has 2 N–H and O–H groups in total. The number of aromatic nitrogens is 3. The highest BCUT2D eigenvalue weighted by Crippen LogP contribution is 2.34. The number of hydrogen-bond acceptors (Lipinski definition) is 7. The molecule has 8 nitrogen and oxygen atoms in total. The Morgan fingerprint density at radius 2 is 1.69 bits per heavy atom. The molecule has 3 aromatic rings. The summed E-state index contributed by atoms with van der Waals surface area (Å²) in [4.78, 5) is 23.1. The van der Waals surface area contributed by atoms with Crippen molar-refractivity contribution in [3.63, 3.8) is 0 Å². The summed E-state index contributed by atoms with van der Waals surface area (Å²) in [6, 6.07) is 10.9. The van der Waals surface area contributed by atoms with Crippen molar-refractivity contribution in [2.24, 2.45) is 0 Å². The van der Waals surface area contributed by atoms with Crippen molar-refractivity contribution in [2.45, 2.75) is 13.3 Å². The van der Waals surface area contributed by atoms with Crippen LogP contribution in [0.3, 0.4) is 0 Å². The fourth-order valence-corrected chi connectivity index (χ4v) is 2.59. The van der Waals surface area contributed by atoms with Crippen LogP contribution in [0, 0.1) is 10.1 Å². The van der Waals surface area contributed by atoms with E-state index in [4.69, 9.17) is 11.6 Å². The van der Waals surface area contributed by atoms with E-state index in [1.807, 2.05) is 31.2 Å². The lowest BCUT2D eigenvalue weighted by Crippen LogP contribution is -2.06. The van der Waals surface area contributed by atoms with Crippen LogP contribution in [0.25, 0.3) is 0 Å². The molecule has 9 heteroatoms. The number of pyridine rings is 1. The highest BCUT2D eigenvalue weighted by Gasteiger charge is 2.24. The monoisotopic (exact) mass is 370 g/mol. The van der Waals surface area contributed by atoms with Gasteiger partial charge in [-0.2, -0.15) is 0 Å². The fraction of sp³-hybridized carbons (Fsp3) is 0.118. The van der Waals surface area contributed by atoms with Crippen LogP contribution >= 0.6 is 11.6 Å². The minimum Gasteiger partial charge on any atom is -0.334 e. The number of hydrogen-bond donors (Lipinski definition) is 2. The van der Waals surface area contributed by atoms with E-state index in [1.165, 1.54) is 12.5 Å². The van der Waals surface area contributed by atoms with Gasteiger partial charge in [0.15, 0.2) is 5.15 Å². The van der Waals surface area contributed by atoms with Crippen molar-refractivity contribution in [1.82, 2.24) is 15.0 Å². The predicted molar refractivity (Wildman–Crippen MR) is 100 cm³/mol. The molecule has 132 valence electrons. The Kier molecular flexibility index (Phi) is 5.23. The van der Waals surface area contributed by atoms with E-state index in [2.05, 4.69) is 25.6 Å². The van der Waals surface area contributed by atoms with Crippen LogP contribution in [0.1, 0.15) is 12.5 Å². The Morgan fingerprint density at radius 3 is 2.35 bits per heavy atom. The normalized spacial score (nSPS) is 10.4. The molecule has 0 aliphatic rings. The molecule has 1 aromatic carbocycles. The Balaban J connectivity index is 2.01. The molecule has 0 saturated carbocycles. The van der Waals surface area contributed by atoms with Crippen molar-refractivity contribution in [1.29, 1.82) is 0 Å². The first-order chi connectivity index (χ1) is 12.6. The maximum absolute atomic E-state index is 11.7. The van der Waals surface area contributed by atoms with E-state index in [-0.39, 0.29) is 22.5 Å². The Hall–Kier alpha value is -3.26. The molecule has 0 aliphatic heterocycles. The van der Waals surface area contributed by atoms with Gasteiger partial charge in [0, 0.05) is 11.9 Å². The van der Waals surface area contributed by atoms with Crippen LogP contribution < -0.4 is 10.6 Å². The zero-order chi connectivity index (χ0) is 18.5. The van der Waals surface area contributed by atoms with Gasteiger partial charge < -0.3 is 10.6 Å². The lowest BCUT2D eigenvalue weighted by Gasteiger charge is -2.12. The molecule has 0 radical (unpaired) electrons. The number of nitrogens with one attached hydrogen (secondary N) is 2. The van der Waals surface area contributed by atoms with Crippen molar-refractivity contribution >= 4 is 40.3 Å². The van der Waals surface area contributed by atoms with Gasteiger partial charge in [0.2, 0.25) is 11.6 Å². The number of nitro groups is 1. The first-order valence-corrected chi connectivity index (χ1v) is 8.19. The zero-order valence-corrected chi connectivity index (χ0v) is 14.6. The van der Waals surface area contributed by atoms with Gasteiger partial charge >= 0.3 is 5.69 Å². The maximum Gasteiger partial charge on any atom is 0.353 e. The second kappa shape index (κ2) is 7.75. The topological polar surface area (TPSA) is 106 Å². The van der Waals surface area contributed by atoms with Gasteiger partial charge in [0.05, 0.1) is 10.6 Å². The van der Waals surface area contributed by atoms with Crippen LogP contribution in [0.2, 0.25) is 5.15 Å². The molecule has 3 rings (SSSR count). The number of halogens is 1. The van der Waals surface area contributed by atoms with Gasteiger partial charge in [0.1, 0.15) is 6.33 Å². The summed E-state index contributed by atoms with van der Waals surface area (Å²) >= 11 is 6.01.